The molecule has 6 heteroatoms. The van der Waals surface area contributed by atoms with Gasteiger partial charge in [-0.2, -0.15) is 0 Å². The fourth-order valence-corrected chi connectivity index (χ4v) is 4.42. The minimum absolute atomic E-state index is 0.188. The smallest absolute Gasteiger partial charge is 0.227 e. The molecular formula is C15H20N2O3S. The molecule has 1 amide bonds. The highest BCUT2D eigenvalue weighted by molar-refractivity contribution is 7.91. The molecule has 1 N–H and O–H groups in total. The third-order valence-electron chi connectivity index (χ3n) is 4.18. The normalized spacial score (nSPS) is 22.5. The van der Waals surface area contributed by atoms with Crippen LogP contribution in [0.5, 0.6) is 0 Å². The van der Waals surface area contributed by atoms with E-state index in [0.717, 1.165) is 24.3 Å². The number of benzene rings is 1. The monoisotopic (exact) mass is 308 g/mol. The maximum Gasteiger partial charge on any atom is 0.227 e. The highest BCUT2D eigenvalue weighted by Crippen LogP contribution is 2.24. The lowest BCUT2D eigenvalue weighted by Gasteiger charge is -2.24. The molecule has 2 aliphatic heterocycles. The molecule has 0 unspecified atom stereocenters. The molecule has 3 rings (SSSR count). The number of hydrogen-bond acceptors (Lipinski definition) is 4. The van der Waals surface area contributed by atoms with Gasteiger partial charge in [0.15, 0.2) is 0 Å². The Balaban J connectivity index is 1.61. The summed E-state index contributed by atoms with van der Waals surface area (Å²) in [5.74, 6) is 0.726. The third kappa shape index (κ3) is 3.37. The average molecular weight is 308 g/mol. The number of amides is 1. The van der Waals surface area contributed by atoms with E-state index < -0.39 is 9.84 Å². The van der Waals surface area contributed by atoms with E-state index in [0.29, 0.717) is 19.3 Å². The Morgan fingerprint density at radius 2 is 1.76 bits per heavy atom. The number of hydrogen-bond donors (Lipinski definition) is 1. The Kier molecular flexibility index (Phi) is 3.89. The molecule has 1 aromatic rings. The second kappa shape index (κ2) is 5.67. The van der Waals surface area contributed by atoms with Crippen molar-refractivity contribution in [3.05, 3.63) is 24.3 Å². The van der Waals surface area contributed by atoms with Crippen molar-refractivity contribution in [2.75, 3.05) is 28.3 Å². The van der Waals surface area contributed by atoms with Crippen LogP contribution in [0.15, 0.2) is 24.3 Å². The first-order valence-corrected chi connectivity index (χ1v) is 9.23. The molecule has 114 valence electrons. The minimum atomic E-state index is -2.82. The Morgan fingerprint density at radius 3 is 2.33 bits per heavy atom. The lowest BCUT2D eigenvalue weighted by molar-refractivity contribution is -0.117. The summed E-state index contributed by atoms with van der Waals surface area (Å²) < 4.78 is 22.8. The fourth-order valence-electron chi connectivity index (χ4n) is 2.93. The first kappa shape index (κ1) is 14.4. The number of nitrogens with one attached hydrogen (secondary N) is 1. The number of carbonyl (C=O) groups excluding carboxylic acids is 1. The summed E-state index contributed by atoms with van der Waals surface area (Å²) in [6.45, 7) is 0.798. The van der Waals surface area contributed by atoms with Gasteiger partial charge < -0.3 is 10.2 Å². The maximum absolute atomic E-state index is 11.7. The van der Waals surface area contributed by atoms with E-state index in [9.17, 15) is 13.2 Å². The quantitative estimate of drug-likeness (QED) is 0.924. The van der Waals surface area contributed by atoms with Gasteiger partial charge in [0, 0.05) is 30.4 Å². The fraction of sp³-hybridized carbons (Fsp3) is 0.533. The van der Waals surface area contributed by atoms with Gasteiger partial charge in [-0.05, 0) is 43.5 Å². The molecule has 21 heavy (non-hydrogen) atoms. The van der Waals surface area contributed by atoms with E-state index in [1.54, 1.807) is 0 Å². The summed E-state index contributed by atoms with van der Waals surface area (Å²) in [7, 11) is -2.82. The minimum Gasteiger partial charge on any atom is -0.382 e. The summed E-state index contributed by atoms with van der Waals surface area (Å²) in [6, 6.07) is 8.04. The molecule has 0 aliphatic carbocycles. The third-order valence-corrected chi connectivity index (χ3v) is 5.89. The molecule has 0 atom stereocenters. The molecular weight excluding hydrogens is 288 g/mol. The lowest BCUT2D eigenvalue weighted by atomic mass is 10.1. The zero-order valence-electron chi connectivity index (χ0n) is 11.9. The van der Waals surface area contributed by atoms with E-state index in [1.807, 2.05) is 29.2 Å². The number of rotatable bonds is 3. The number of nitrogens with zero attached hydrogens (tertiary/aromatic N) is 1. The van der Waals surface area contributed by atoms with Crippen molar-refractivity contribution < 1.29 is 13.2 Å². The Hall–Kier alpha value is -1.56. The largest absolute Gasteiger partial charge is 0.382 e. The SMILES string of the molecule is O=C1CCCN1c1ccc(NC2CCS(=O)(=O)CC2)cc1. The molecule has 2 heterocycles. The van der Waals surface area contributed by atoms with Crippen LogP contribution in [0, 0.1) is 0 Å². The second-order valence-corrected chi connectivity index (χ2v) is 8.07. The first-order valence-electron chi connectivity index (χ1n) is 7.41. The zero-order chi connectivity index (χ0) is 14.9. The van der Waals surface area contributed by atoms with Gasteiger partial charge in [0.2, 0.25) is 5.91 Å². The van der Waals surface area contributed by atoms with Gasteiger partial charge in [0.05, 0.1) is 11.5 Å². The van der Waals surface area contributed by atoms with Crippen molar-refractivity contribution in [3.8, 4) is 0 Å². The van der Waals surface area contributed by atoms with Gasteiger partial charge in [-0.25, -0.2) is 8.42 Å². The highest BCUT2D eigenvalue weighted by Gasteiger charge is 2.24. The molecule has 5 nitrogen and oxygen atoms in total. The zero-order valence-corrected chi connectivity index (χ0v) is 12.7. The summed E-state index contributed by atoms with van der Waals surface area (Å²) in [6.07, 6.45) is 2.88. The van der Waals surface area contributed by atoms with Gasteiger partial charge in [-0.3, -0.25) is 4.79 Å². The van der Waals surface area contributed by atoms with Crippen LogP contribution in [0.1, 0.15) is 25.7 Å². The topological polar surface area (TPSA) is 66.5 Å². The molecule has 0 radical (unpaired) electrons. The summed E-state index contributed by atoms with van der Waals surface area (Å²) >= 11 is 0. The predicted molar refractivity (Wildman–Crippen MR) is 83.3 cm³/mol. The van der Waals surface area contributed by atoms with Gasteiger partial charge >= 0.3 is 0 Å². The van der Waals surface area contributed by atoms with Crippen LogP contribution in [0.4, 0.5) is 11.4 Å². The van der Waals surface area contributed by atoms with E-state index in [2.05, 4.69) is 5.32 Å². The van der Waals surface area contributed by atoms with Crippen molar-refractivity contribution >= 4 is 27.1 Å². The maximum atomic E-state index is 11.7. The van der Waals surface area contributed by atoms with Crippen molar-refractivity contribution in [1.29, 1.82) is 0 Å². The summed E-state index contributed by atoms with van der Waals surface area (Å²) in [4.78, 5) is 13.5. The molecule has 1 aromatic carbocycles. The molecule has 0 spiro atoms. The van der Waals surface area contributed by atoms with E-state index in [1.165, 1.54) is 0 Å². The van der Waals surface area contributed by atoms with E-state index >= 15 is 0 Å². The van der Waals surface area contributed by atoms with Crippen molar-refractivity contribution in [2.45, 2.75) is 31.7 Å². The van der Waals surface area contributed by atoms with Gasteiger partial charge in [-0.1, -0.05) is 0 Å². The second-order valence-electron chi connectivity index (χ2n) is 5.77. The van der Waals surface area contributed by atoms with Crippen LogP contribution in [-0.2, 0) is 14.6 Å². The lowest BCUT2D eigenvalue weighted by Crippen LogP contribution is -2.32. The van der Waals surface area contributed by atoms with Crippen molar-refractivity contribution in [3.63, 3.8) is 0 Å². The van der Waals surface area contributed by atoms with Crippen LogP contribution in [-0.4, -0.2) is 38.4 Å². The van der Waals surface area contributed by atoms with Crippen LogP contribution < -0.4 is 10.2 Å². The average Bonchev–Trinajstić information content (AvgIpc) is 2.88. The Morgan fingerprint density at radius 1 is 1.10 bits per heavy atom. The van der Waals surface area contributed by atoms with E-state index in [4.69, 9.17) is 0 Å². The van der Waals surface area contributed by atoms with Crippen LogP contribution in [0.2, 0.25) is 0 Å². The first-order chi connectivity index (χ1) is 10.0. The molecule has 2 saturated heterocycles. The molecule has 0 bridgehead atoms. The number of carbonyl (C=O) groups is 1. The van der Waals surface area contributed by atoms with Gasteiger partial charge in [0.1, 0.15) is 9.84 Å². The molecule has 0 aromatic heterocycles. The predicted octanol–water partition coefficient (Wildman–Crippen LogP) is 1.80. The van der Waals surface area contributed by atoms with Gasteiger partial charge in [-0.15, -0.1) is 0 Å². The van der Waals surface area contributed by atoms with Crippen molar-refractivity contribution in [2.24, 2.45) is 0 Å². The number of sulfone groups is 1. The highest BCUT2D eigenvalue weighted by atomic mass is 32.2. The standard InChI is InChI=1S/C15H20N2O3S/c18-15-2-1-9-17(15)14-5-3-12(4-6-14)16-13-7-10-21(19,20)11-8-13/h3-6,13,16H,1-2,7-11H2. The van der Waals surface area contributed by atoms with Crippen molar-refractivity contribution in [1.82, 2.24) is 0 Å². The van der Waals surface area contributed by atoms with Gasteiger partial charge in [0.25, 0.3) is 0 Å². The Bertz CT molecular complexity index is 611. The van der Waals surface area contributed by atoms with E-state index in [-0.39, 0.29) is 23.5 Å². The molecule has 2 fully saturated rings. The summed E-state index contributed by atoms with van der Waals surface area (Å²) in [5.41, 5.74) is 1.92. The Labute approximate surface area is 125 Å². The molecule has 2 aliphatic rings. The summed E-state index contributed by atoms with van der Waals surface area (Å²) in [5, 5.41) is 3.38. The molecule has 0 saturated carbocycles. The number of anilines is 2. The van der Waals surface area contributed by atoms with Crippen LogP contribution in [0.25, 0.3) is 0 Å². The van der Waals surface area contributed by atoms with Crippen LogP contribution in [0.3, 0.4) is 0 Å². The van der Waals surface area contributed by atoms with Crippen LogP contribution >= 0.6 is 0 Å².